The number of aliphatic carboxylic acids is 2. The summed E-state index contributed by atoms with van der Waals surface area (Å²) < 4.78 is 10.7. The number of hydrogen-bond donors (Lipinski definition) is 4. The molecule has 242 valence electrons. The minimum absolute atomic E-state index is 0.00381. The van der Waals surface area contributed by atoms with E-state index in [-0.39, 0.29) is 87.7 Å². The molecule has 0 aromatic rings. The predicted molar refractivity (Wildman–Crippen MR) is 156 cm³/mol. The molecule has 0 fully saturated rings. The molecule has 0 aromatic carbocycles. The standard InChI is InChI=1S/C30H52N2O10/c1-29(2,3)25(35)20-42-18-17-41-16-8-10-22(33)12-13-24(28(39)40)32-26(36)14-11-21(27(37)38)19-23(34)9-7-15-31-30(4,5)6/h21,24,31H,7-20H2,1-6H3,(H,32,36)(H,37,38)(H,39,40)/t21-,24+/m1/s1. The Hall–Kier alpha value is -2.70. The molecule has 2 atom stereocenters. The maximum Gasteiger partial charge on any atom is 0.326 e. The third-order valence-electron chi connectivity index (χ3n) is 6.36. The molecule has 42 heavy (non-hydrogen) atoms. The van der Waals surface area contributed by atoms with E-state index in [1.807, 2.05) is 41.5 Å². The van der Waals surface area contributed by atoms with Gasteiger partial charge in [-0.25, -0.2) is 4.79 Å². The number of carboxylic acid groups (broad SMARTS) is 2. The number of ether oxygens (including phenoxy) is 2. The molecule has 0 aromatic heterocycles. The van der Waals surface area contributed by atoms with Crippen LogP contribution in [0.5, 0.6) is 0 Å². The molecule has 0 radical (unpaired) electrons. The highest BCUT2D eigenvalue weighted by molar-refractivity contribution is 5.86. The summed E-state index contributed by atoms with van der Waals surface area (Å²) in [6, 6.07) is -1.29. The third-order valence-corrected chi connectivity index (χ3v) is 6.36. The van der Waals surface area contributed by atoms with Crippen molar-refractivity contribution in [1.29, 1.82) is 0 Å². The van der Waals surface area contributed by atoms with Gasteiger partial charge in [0.15, 0.2) is 5.78 Å². The number of rotatable bonds is 24. The molecule has 0 spiro atoms. The molecule has 0 aliphatic rings. The van der Waals surface area contributed by atoms with Crippen LogP contribution in [0.2, 0.25) is 0 Å². The molecule has 12 heteroatoms. The highest BCUT2D eigenvalue weighted by Gasteiger charge is 2.25. The molecule has 4 N–H and O–H groups in total. The van der Waals surface area contributed by atoms with Gasteiger partial charge < -0.3 is 30.3 Å². The fourth-order valence-corrected chi connectivity index (χ4v) is 3.67. The second-order valence-electron chi connectivity index (χ2n) is 12.6. The van der Waals surface area contributed by atoms with E-state index in [4.69, 9.17) is 9.47 Å². The maximum absolute atomic E-state index is 12.3. The van der Waals surface area contributed by atoms with E-state index in [2.05, 4.69) is 10.6 Å². The van der Waals surface area contributed by atoms with Crippen LogP contribution in [0.1, 0.15) is 99.3 Å². The molecular weight excluding hydrogens is 548 g/mol. The van der Waals surface area contributed by atoms with Gasteiger partial charge in [-0.3, -0.25) is 24.0 Å². The van der Waals surface area contributed by atoms with E-state index in [9.17, 15) is 39.0 Å². The second kappa shape index (κ2) is 20.2. The second-order valence-corrected chi connectivity index (χ2v) is 12.6. The van der Waals surface area contributed by atoms with Crippen LogP contribution in [-0.2, 0) is 38.2 Å². The lowest BCUT2D eigenvalue weighted by Crippen LogP contribution is -2.41. The minimum atomic E-state index is -1.29. The molecule has 0 aliphatic carbocycles. The van der Waals surface area contributed by atoms with Crippen molar-refractivity contribution in [2.45, 2.75) is 111 Å². The first-order valence-corrected chi connectivity index (χ1v) is 14.6. The molecule has 0 heterocycles. The topological polar surface area (TPSA) is 185 Å². The van der Waals surface area contributed by atoms with E-state index in [1.165, 1.54) is 0 Å². The Labute approximate surface area is 249 Å². The smallest absolute Gasteiger partial charge is 0.326 e. The molecule has 0 rings (SSSR count). The van der Waals surface area contributed by atoms with Crippen molar-refractivity contribution >= 4 is 35.2 Å². The maximum atomic E-state index is 12.3. The zero-order chi connectivity index (χ0) is 32.3. The van der Waals surface area contributed by atoms with Crippen LogP contribution in [0.3, 0.4) is 0 Å². The number of amides is 1. The van der Waals surface area contributed by atoms with Gasteiger partial charge in [0.05, 0.1) is 19.1 Å². The Bertz CT molecular complexity index is 890. The fraction of sp³-hybridized carbons (Fsp3) is 0.800. The Balaban J connectivity index is 4.30. The van der Waals surface area contributed by atoms with E-state index in [0.29, 0.717) is 26.0 Å². The number of nitrogens with one attached hydrogen (secondary N) is 2. The van der Waals surface area contributed by atoms with Gasteiger partial charge in [-0.1, -0.05) is 20.8 Å². The normalized spacial score (nSPS) is 13.3. The van der Waals surface area contributed by atoms with Crippen molar-refractivity contribution in [1.82, 2.24) is 10.6 Å². The highest BCUT2D eigenvalue weighted by atomic mass is 16.5. The van der Waals surface area contributed by atoms with Gasteiger partial charge in [-0.2, -0.15) is 0 Å². The summed E-state index contributed by atoms with van der Waals surface area (Å²) in [5.74, 6) is -4.54. The lowest BCUT2D eigenvalue weighted by atomic mass is 9.91. The summed E-state index contributed by atoms with van der Waals surface area (Å²) >= 11 is 0. The first-order chi connectivity index (χ1) is 19.4. The van der Waals surface area contributed by atoms with Crippen molar-refractivity contribution in [3.63, 3.8) is 0 Å². The molecule has 0 saturated heterocycles. The quantitative estimate of drug-likeness (QED) is 0.119. The van der Waals surface area contributed by atoms with Crippen LogP contribution in [0.25, 0.3) is 0 Å². The number of carbonyl (C=O) groups is 6. The lowest BCUT2D eigenvalue weighted by Gasteiger charge is -2.20. The molecular formula is C30H52N2O10. The first kappa shape index (κ1) is 39.3. The number of ketones is 3. The fourth-order valence-electron chi connectivity index (χ4n) is 3.67. The van der Waals surface area contributed by atoms with Crippen molar-refractivity contribution < 1.29 is 48.5 Å². The lowest BCUT2D eigenvalue weighted by molar-refractivity contribution is -0.145. The number of hydrogen-bond acceptors (Lipinski definition) is 9. The van der Waals surface area contributed by atoms with E-state index < -0.39 is 35.2 Å². The SMILES string of the molecule is CC(C)(C)NCCCC(=O)C[C@@H](CCC(=O)N[C@@H](CCC(=O)CCCOCCOCC(=O)C(C)(C)C)C(=O)O)C(=O)O. The average Bonchev–Trinajstić information content (AvgIpc) is 2.86. The molecule has 1 amide bonds. The number of Topliss-reactive ketones (excluding diaryl/α,β-unsaturated/α-hetero) is 3. The molecule has 12 nitrogen and oxygen atoms in total. The van der Waals surface area contributed by atoms with Crippen LogP contribution in [-0.4, -0.2) is 90.0 Å². The van der Waals surface area contributed by atoms with Crippen molar-refractivity contribution in [2.24, 2.45) is 11.3 Å². The Morgan fingerprint density at radius 3 is 1.90 bits per heavy atom. The number of carboxylic acids is 2. The van der Waals surface area contributed by atoms with E-state index in [1.54, 1.807) is 0 Å². The molecule has 0 bridgehead atoms. The Morgan fingerprint density at radius 1 is 0.714 bits per heavy atom. The van der Waals surface area contributed by atoms with Crippen LogP contribution in [0.15, 0.2) is 0 Å². The summed E-state index contributed by atoms with van der Waals surface area (Å²) in [7, 11) is 0. The Kier molecular flexibility index (Phi) is 18.9. The van der Waals surface area contributed by atoms with Crippen LogP contribution < -0.4 is 10.6 Å². The first-order valence-electron chi connectivity index (χ1n) is 14.6. The minimum Gasteiger partial charge on any atom is -0.481 e. The monoisotopic (exact) mass is 600 g/mol. The zero-order valence-electron chi connectivity index (χ0n) is 26.2. The van der Waals surface area contributed by atoms with Crippen molar-refractivity contribution in [3.05, 3.63) is 0 Å². The number of carbonyl (C=O) groups excluding carboxylic acids is 4. The van der Waals surface area contributed by atoms with Crippen molar-refractivity contribution in [3.8, 4) is 0 Å². The summed E-state index contributed by atoms with van der Waals surface area (Å²) in [5, 5.41) is 24.5. The van der Waals surface area contributed by atoms with Gasteiger partial charge >= 0.3 is 11.9 Å². The van der Waals surface area contributed by atoms with Crippen LogP contribution in [0.4, 0.5) is 0 Å². The molecule has 0 saturated carbocycles. The predicted octanol–water partition coefficient (Wildman–Crippen LogP) is 2.94. The van der Waals surface area contributed by atoms with Gasteiger partial charge in [0.2, 0.25) is 5.91 Å². The van der Waals surface area contributed by atoms with Gasteiger partial charge in [0.25, 0.3) is 0 Å². The van der Waals surface area contributed by atoms with Gasteiger partial charge in [0.1, 0.15) is 24.2 Å². The van der Waals surface area contributed by atoms with Crippen LogP contribution >= 0.6 is 0 Å². The van der Waals surface area contributed by atoms with E-state index in [0.717, 1.165) is 0 Å². The van der Waals surface area contributed by atoms with Gasteiger partial charge in [-0.15, -0.1) is 0 Å². The van der Waals surface area contributed by atoms with Gasteiger partial charge in [-0.05, 0) is 53.0 Å². The third kappa shape index (κ3) is 21.1. The Morgan fingerprint density at radius 2 is 1.33 bits per heavy atom. The highest BCUT2D eigenvalue weighted by Crippen LogP contribution is 2.16. The zero-order valence-corrected chi connectivity index (χ0v) is 26.2. The summed E-state index contributed by atoms with van der Waals surface area (Å²) in [4.78, 5) is 71.7. The van der Waals surface area contributed by atoms with Crippen LogP contribution in [0, 0.1) is 11.3 Å². The molecule has 0 aliphatic heterocycles. The average molecular weight is 601 g/mol. The summed E-state index contributed by atoms with van der Waals surface area (Å²) in [6.07, 6.45) is 0.735. The van der Waals surface area contributed by atoms with Gasteiger partial charge in [0, 0.05) is 49.7 Å². The molecule has 0 unspecified atom stereocenters. The summed E-state index contributed by atoms with van der Waals surface area (Å²) in [6.45, 7) is 13.0. The van der Waals surface area contributed by atoms with E-state index >= 15 is 0 Å². The summed E-state index contributed by atoms with van der Waals surface area (Å²) in [5.41, 5.74) is -0.541. The largest absolute Gasteiger partial charge is 0.481 e. The van der Waals surface area contributed by atoms with Crippen molar-refractivity contribution in [2.75, 3.05) is 33.0 Å².